The monoisotopic (exact) mass is 397 g/mol. The van der Waals surface area contributed by atoms with Crippen LogP contribution in [0.5, 0.6) is 5.75 Å². The first kappa shape index (κ1) is 22.5. The maximum Gasteiger partial charge on any atom is 0.306 e. The fourth-order valence-corrected chi connectivity index (χ4v) is 2.79. The van der Waals surface area contributed by atoms with Gasteiger partial charge in [0.2, 0.25) is 5.91 Å². The van der Waals surface area contributed by atoms with Gasteiger partial charge in [-0.1, -0.05) is 56.5 Å². The van der Waals surface area contributed by atoms with E-state index in [0.717, 1.165) is 17.7 Å². The largest absolute Gasteiger partial charge is 0.494 e. The van der Waals surface area contributed by atoms with Gasteiger partial charge in [0, 0.05) is 18.5 Å². The number of unbranched alkanes of at least 4 members (excludes halogenated alkanes) is 3. The van der Waals surface area contributed by atoms with E-state index in [1.165, 1.54) is 19.3 Å². The molecule has 0 fully saturated rings. The number of ether oxygens (including phenoxy) is 2. The molecule has 0 bridgehead atoms. The third-order valence-corrected chi connectivity index (χ3v) is 4.46. The summed E-state index contributed by atoms with van der Waals surface area (Å²) >= 11 is 0. The smallest absolute Gasteiger partial charge is 0.306 e. The van der Waals surface area contributed by atoms with Gasteiger partial charge in [-0.2, -0.15) is 0 Å². The quantitative estimate of drug-likeness (QED) is 0.375. The van der Waals surface area contributed by atoms with E-state index in [1.807, 2.05) is 42.5 Å². The second kappa shape index (κ2) is 13.4. The van der Waals surface area contributed by atoms with Crippen LogP contribution in [0, 0.1) is 0 Å². The Bertz CT molecular complexity index is 728. The fourth-order valence-electron chi connectivity index (χ4n) is 2.79. The maximum atomic E-state index is 12.0. The normalized spacial score (nSPS) is 10.4. The molecule has 0 radical (unpaired) electrons. The molecule has 0 aromatic heterocycles. The Morgan fingerprint density at radius 1 is 0.862 bits per heavy atom. The Balaban J connectivity index is 1.60. The summed E-state index contributed by atoms with van der Waals surface area (Å²) in [6, 6.07) is 17.1. The summed E-state index contributed by atoms with van der Waals surface area (Å²) in [5.41, 5.74) is 1.80. The molecule has 156 valence electrons. The maximum absolute atomic E-state index is 12.0. The summed E-state index contributed by atoms with van der Waals surface area (Å²) in [4.78, 5) is 23.8. The zero-order valence-corrected chi connectivity index (χ0v) is 17.2. The first-order valence-electron chi connectivity index (χ1n) is 10.4. The van der Waals surface area contributed by atoms with Crippen molar-refractivity contribution in [2.75, 3.05) is 18.5 Å². The predicted octanol–water partition coefficient (Wildman–Crippen LogP) is 5.15. The van der Waals surface area contributed by atoms with Gasteiger partial charge < -0.3 is 14.8 Å². The number of carbonyl (C=O) groups is 2. The second-order valence-electron chi connectivity index (χ2n) is 6.94. The van der Waals surface area contributed by atoms with Crippen LogP contribution >= 0.6 is 0 Å². The Morgan fingerprint density at radius 3 is 2.34 bits per heavy atom. The zero-order chi connectivity index (χ0) is 20.7. The van der Waals surface area contributed by atoms with Crippen LogP contribution in [0.1, 0.15) is 51.0 Å². The van der Waals surface area contributed by atoms with Crippen molar-refractivity contribution >= 4 is 17.6 Å². The zero-order valence-electron chi connectivity index (χ0n) is 17.2. The van der Waals surface area contributed by atoms with Crippen LogP contribution in [-0.2, 0) is 20.7 Å². The van der Waals surface area contributed by atoms with Crippen molar-refractivity contribution in [3.63, 3.8) is 0 Å². The number of carbonyl (C=O) groups excluding carboxylic acids is 2. The Labute approximate surface area is 173 Å². The SMILES string of the molecule is CCCCCCOc1ccc(NC(=O)CCC(=O)OCCc2ccccc2)cc1. The van der Waals surface area contributed by atoms with Crippen molar-refractivity contribution in [1.29, 1.82) is 0 Å². The van der Waals surface area contributed by atoms with Crippen molar-refractivity contribution in [1.82, 2.24) is 0 Å². The Hall–Kier alpha value is -2.82. The van der Waals surface area contributed by atoms with Gasteiger partial charge in [0.25, 0.3) is 0 Å². The van der Waals surface area contributed by atoms with Gasteiger partial charge in [0.1, 0.15) is 5.75 Å². The second-order valence-corrected chi connectivity index (χ2v) is 6.94. The van der Waals surface area contributed by atoms with E-state index in [1.54, 1.807) is 12.1 Å². The third-order valence-electron chi connectivity index (χ3n) is 4.46. The minimum absolute atomic E-state index is 0.0690. The lowest BCUT2D eigenvalue weighted by Gasteiger charge is -2.08. The molecule has 0 spiro atoms. The van der Waals surface area contributed by atoms with E-state index in [0.29, 0.717) is 25.3 Å². The molecule has 0 aliphatic rings. The molecule has 1 amide bonds. The molecular formula is C24H31NO4. The molecule has 0 aliphatic carbocycles. The molecule has 5 heteroatoms. The molecule has 1 N–H and O–H groups in total. The number of nitrogens with one attached hydrogen (secondary N) is 1. The number of esters is 1. The number of amides is 1. The standard InChI is InChI=1S/C24H31NO4/c1-2-3-4-8-18-28-22-13-11-21(12-14-22)25-23(26)15-16-24(27)29-19-17-20-9-6-5-7-10-20/h5-7,9-14H,2-4,8,15-19H2,1H3,(H,25,26). The van der Waals surface area contributed by atoms with E-state index in [9.17, 15) is 9.59 Å². The van der Waals surface area contributed by atoms with Gasteiger partial charge >= 0.3 is 5.97 Å². The van der Waals surface area contributed by atoms with E-state index in [2.05, 4.69) is 12.2 Å². The number of hydrogen-bond acceptors (Lipinski definition) is 4. The molecule has 0 saturated carbocycles. The molecule has 2 rings (SSSR count). The topological polar surface area (TPSA) is 64.6 Å². The predicted molar refractivity (Wildman–Crippen MR) is 115 cm³/mol. The van der Waals surface area contributed by atoms with Crippen LogP contribution in [-0.4, -0.2) is 25.1 Å². The van der Waals surface area contributed by atoms with Crippen LogP contribution in [0.4, 0.5) is 5.69 Å². The van der Waals surface area contributed by atoms with Gasteiger partial charge in [-0.05, 0) is 36.2 Å². The third kappa shape index (κ3) is 9.79. The van der Waals surface area contributed by atoms with Gasteiger partial charge in [0.05, 0.1) is 19.6 Å². The number of rotatable bonds is 13. The minimum Gasteiger partial charge on any atom is -0.494 e. The van der Waals surface area contributed by atoms with Crippen LogP contribution in [0.2, 0.25) is 0 Å². The van der Waals surface area contributed by atoms with Crippen LogP contribution in [0.25, 0.3) is 0 Å². The van der Waals surface area contributed by atoms with Crippen molar-refractivity contribution in [3.8, 4) is 5.75 Å². The van der Waals surface area contributed by atoms with Crippen LogP contribution in [0.3, 0.4) is 0 Å². The summed E-state index contributed by atoms with van der Waals surface area (Å²) in [6.07, 6.45) is 5.51. The van der Waals surface area contributed by atoms with Gasteiger partial charge in [-0.15, -0.1) is 0 Å². The van der Waals surface area contributed by atoms with E-state index in [4.69, 9.17) is 9.47 Å². The molecular weight excluding hydrogens is 366 g/mol. The lowest BCUT2D eigenvalue weighted by Crippen LogP contribution is -2.15. The highest BCUT2D eigenvalue weighted by molar-refractivity contribution is 5.92. The van der Waals surface area contributed by atoms with Crippen LogP contribution < -0.4 is 10.1 Å². The Morgan fingerprint density at radius 2 is 1.62 bits per heavy atom. The van der Waals surface area contributed by atoms with E-state index in [-0.39, 0.29) is 24.7 Å². The number of benzene rings is 2. The summed E-state index contributed by atoms with van der Waals surface area (Å²) in [7, 11) is 0. The molecule has 0 saturated heterocycles. The van der Waals surface area contributed by atoms with Crippen molar-refractivity contribution in [2.45, 2.75) is 51.9 Å². The average molecular weight is 398 g/mol. The molecule has 0 atom stereocenters. The van der Waals surface area contributed by atoms with Gasteiger partial charge in [-0.3, -0.25) is 9.59 Å². The van der Waals surface area contributed by atoms with Crippen molar-refractivity contribution < 1.29 is 19.1 Å². The summed E-state index contributed by atoms with van der Waals surface area (Å²) in [6.45, 7) is 3.21. The van der Waals surface area contributed by atoms with E-state index < -0.39 is 0 Å². The molecule has 2 aromatic carbocycles. The number of anilines is 1. The first-order chi connectivity index (χ1) is 14.2. The summed E-state index contributed by atoms with van der Waals surface area (Å²) < 4.78 is 10.9. The highest BCUT2D eigenvalue weighted by Crippen LogP contribution is 2.16. The van der Waals surface area contributed by atoms with E-state index >= 15 is 0 Å². The molecule has 5 nitrogen and oxygen atoms in total. The highest BCUT2D eigenvalue weighted by atomic mass is 16.5. The summed E-state index contributed by atoms with van der Waals surface area (Å²) in [5, 5.41) is 2.79. The van der Waals surface area contributed by atoms with Gasteiger partial charge in [-0.25, -0.2) is 0 Å². The highest BCUT2D eigenvalue weighted by Gasteiger charge is 2.09. The Kier molecular flexibility index (Phi) is 10.4. The molecule has 2 aromatic rings. The molecule has 0 aliphatic heterocycles. The van der Waals surface area contributed by atoms with Crippen molar-refractivity contribution in [3.05, 3.63) is 60.2 Å². The van der Waals surface area contributed by atoms with Gasteiger partial charge in [0.15, 0.2) is 0 Å². The summed E-state index contributed by atoms with van der Waals surface area (Å²) in [5.74, 6) is 0.225. The lowest BCUT2D eigenvalue weighted by atomic mass is 10.2. The van der Waals surface area contributed by atoms with Crippen molar-refractivity contribution in [2.24, 2.45) is 0 Å². The minimum atomic E-state index is -0.358. The average Bonchev–Trinajstić information content (AvgIpc) is 2.74. The lowest BCUT2D eigenvalue weighted by molar-refractivity contribution is -0.144. The van der Waals surface area contributed by atoms with Crippen LogP contribution in [0.15, 0.2) is 54.6 Å². The fraction of sp³-hybridized carbons (Fsp3) is 0.417. The molecule has 29 heavy (non-hydrogen) atoms. The first-order valence-corrected chi connectivity index (χ1v) is 10.4. The molecule has 0 unspecified atom stereocenters. The number of hydrogen-bond donors (Lipinski definition) is 1. The molecule has 0 heterocycles.